The number of thiophene rings is 1. The molecule has 4 aromatic rings. The number of pyridine rings is 1. The van der Waals surface area contributed by atoms with Crippen molar-refractivity contribution >= 4 is 32.3 Å². The fourth-order valence-corrected chi connectivity index (χ4v) is 7.37. The Balaban J connectivity index is 1.67. The van der Waals surface area contributed by atoms with Gasteiger partial charge in [-0.05, 0) is 71.5 Å². The fraction of sp³-hybridized carbons (Fsp3) is 0.452. The number of benzene rings is 2. The Bertz CT molecular complexity index is 1450. The molecule has 2 aromatic heterocycles. The summed E-state index contributed by atoms with van der Waals surface area (Å²) in [4.78, 5) is 0. The van der Waals surface area contributed by atoms with E-state index in [9.17, 15) is 0 Å². The SMILES string of the molecule is Cc1cc2cc(CC(C)(C)C)cc3c2c(c1C)-c1c(c(CC2CCCC2)c2sccc2[n+]1C)O3. The molecule has 0 bridgehead atoms. The molecule has 0 N–H and O–H groups in total. The summed E-state index contributed by atoms with van der Waals surface area (Å²) < 4.78 is 10.8. The average molecular weight is 471 g/mol. The summed E-state index contributed by atoms with van der Waals surface area (Å²) in [5.41, 5.74) is 9.74. The molecule has 3 heteroatoms. The second-order valence-electron chi connectivity index (χ2n) is 11.9. The van der Waals surface area contributed by atoms with Crippen LogP contribution in [0.5, 0.6) is 11.5 Å². The van der Waals surface area contributed by atoms with E-state index in [1.807, 2.05) is 11.3 Å². The molecule has 34 heavy (non-hydrogen) atoms. The van der Waals surface area contributed by atoms with Crippen LogP contribution in [0.25, 0.3) is 32.2 Å². The average Bonchev–Trinajstić information content (AvgIpc) is 3.45. The van der Waals surface area contributed by atoms with Gasteiger partial charge in [0.15, 0.2) is 0 Å². The van der Waals surface area contributed by atoms with E-state index in [2.05, 4.69) is 75.9 Å². The lowest BCUT2D eigenvalue weighted by molar-refractivity contribution is -0.633. The van der Waals surface area contributed by atoms with Gasteiger partial charge in [-0.2, -0.15) is 4.57 Å². The van der Waals surface area contributed by atoms with Crippen LogP contribution in [0.2, 0.25) is 0 Å². The van der Waals surface area contributed by atoms with Gasteiger partial charge in [0.25, 0.3) is 5.69 Å². The topological polar surface area (TPSA) is 13.1 Å². The molecule has 0 atom stereocenters. The molecule has 1 aliphatic carbocycles. The summed E-state index contributed by atoms with van der Waals surface area (Å²) >= 11 is 1.88. The van der Waals surface area contributed by atoms with Crippen molar-refractivity contribution in [1.82, 2.24) is 0 Å². The molecule has 0 saturated heterocycles. The molecule has 3 heterocycles. The van der Waals surface area contributed by atoms with E-state index < -0.39 is 0 Å². The van der Waals surface area contributed by atoms with Gasteiger partial charge in [0.1, 0.15) is 17.5 Å². The van der Waals surface area contributed by atoms with Crippen LogP contribution in [0.4, 0.5) is 0 Å². The number of ether oxygens (including phenoxy) is 1. The molecule has 1 fully saturated rings. The van der Waals surface area contributed by atoms with Gasteiger partial charge in [-0.25, -0.2) is 0 Å². The third kappa shape index (κ3) is 3.47. The Hall–Kier alpha value is -2.39. The highest BCUT2D eigenvalue weighted by atomic mass is 32.1. The van der Waals surface area contributed by atoms with Crippen molar-refractivity contribution < 1.29 is 9.30 Å². The van der Waals surface area contributed by atoms with Crippen LogP contribution in [-0.4, -0.2) is 0 Å². The van der Waals surface area contributed by atoms with Crippen LogP contribution in [0, 0.1) is 25.2 Å². The van der Waals surface area contributed by atoms with Crippen LogP contribution in [0.3, 0.4) is 0 Å². The molecule has 2 nitrogen and oxygen atoms in total. The van der Waals surface area contributed by atoms with Gasteiger partial charge in [-0.3, -0.25) is 0 Å². The largest absolute Gasteiger partial charge is 0.449 e. The molecule has 1 saturated carbocycles. The minimum atomic E-state index is 0.235. The lowest BCUT2D eigenvalue weighted by Crippen LogP contribution is -2.34. The fourth-order valence-electron chi connectivity index (χ4n) is 6.40. The van der Waals surface area contributed by atoms with E-state index in [1.165, 1.54) is 80.2 Å². The van der Waals surface area contributed by atoms with Gasteiger partial charge in [-0.15, -0.1) is 11.3 Å². The van der Waals surface area contributed by atoms with Crippen molar-refractivity contribution in [2.75, 3.05) is 0 Å². The van der Waals surface area contributed by atoms with Crippen molar-refractivity contribution in [3.8, 4) is 22.8 Å². The molecule has 1 aliphatic heterocycles. The van der Waals surface area contributed by atoms with Crippen LogP contribution in [0.1, 0.15) is 68.7 Å². The minimum absolute atomic E-state index is 0.235. The smallest absolute Gasteiger partial charge is 0.257 e. The Labute approximate surface area is 207 Å². The lowest BCUT2D eigenvalue weighted by Gasteiger charge is -2.26. The molecule has 2 aromatic carbocycles. The highest BCUT2D eigenvalue weighted by molar-refractivity contribution is 7.17. The van der Waals surface area contributed by atoms with Crippen LogP contribution >= 0.6 is 11.3 Å². The molecule has 2 aliphatic rings. The Morgan fingerprint density at radius 3 is 2.59 bits per heavy atom. The van der Waals surface area contributed by atoms with Crippen molar-refractivity contribution in [1.29, 1.82) is 0 Å². The zero-order valence-corrected chi connectivity index (χ0v) is 22.3. The Morgan fingerprint density at radius 1 is 1.09 bits per heavy atom. The molecular formula is C31H36NOS+. The predicted molar refractivity (Wildman–Crippen MR) is 144 cm³/mol. The second kappa shape index (κ2) is 7.81. The van der Waals surface area contributed by atoms with Crippen LogP contribution < -0.4 is 9.30 Å². The van der Waals surface area contributed by atoms with Crippen LogP contribution in [0.15, 0.2) is 29.6 Å². The van der Waals surface area contributed by atoms with E-state index in [-0.39, 0.29) is 5.41 Å². The summed E-state index contributed by atoms with van der Waals surface area (Å²) in [6, 6.07) is 9.38. The Morgan fingerprint density at radius 2 is 1.85 bits per heavy atom. The maximum absolute atomic E-state index is 6.99. The lowest BCUT2D eigenvalue weighted by atomic mass is 9.84. The van der Waals surface area contributed by atoms with Crippen molar-refractivity contribution in [2.24, 2.45) is 18.4 Å². The summed E-state index contributed by atoms with van der Waals surface area (Å²) in [5, 5.41) is 4.84. The van der Waals surface area contributed by atoms with Gasteiger partial charge >= 0.3 is 0 Å². The monoisotopic (exact) mass is 470 g/mol. The standard InChI is InChI=1S/C31H36NOS/c1-18-13-22-14-21(17-31(3,4)5)16-25-27(22)26(19(18)2)28-29(33-25)23(15-20-9-7-8-10-20)30-24(32(28)6)11-12-34-30/h11-14,16,20H,7-10,15,17H2,1-6H3/q+1. The third-order valence-corrected chi connectivity index (χ3v) is 9.00. The van der Waals surface area contributed by atoms with Gasteiger partial charge in [-0.1, -0.05) is 58.6 Å². The first-order valence-corrected chi connectivity index (χ1v) is 13.8. The van der Waals surface area contributed by atoms with Gasteiger partial charge < -0.3 is 4.74 Å². The molecule has 0 amide bonds. The van der Waals surface area contributed by atoms with E-state index in [4.69, 9.17) is 4.74 Å². The normalized spacial score (nSPS) is 15.8. The highest BCUT2D eigenvalue weighted by Crippen LogP contribution is 2.51. The number of aromatic nitrogens is 1. The second-order valence-corrected chi connectivity index (χ2v) is 12.8. The maximum atomic E-state index is 6.99. The first-order chi connectivity index (χ1) is 16.2. The van der Waals surface area contributed by atoms with E-state index in [0.29, 0.717) is 0 Å². The first-order valence-electron chi connectivity index (χ1n) is 12.9. The van der Waals surface area contributed by atoms with Gasteiger partial charge in [0, 0.05) is 17.0 Å². The molecular weight excluding hydrogens is 434 g/mol. The Kier molecular flexibility index (Phi) is 5.08. The number of rotatable bonds is 3. The van der Waals surface area contributed by atoms with E-state index in [1.54, 1.807) is 0 Å². The predicted octanol–water partition coefficient (Wildman–Crippen LogP) is 8.59. The van der Waals surface area contributed by atoms with Crippen molar-refractivity contribution in [2.45, 2.75) is 73.1 Å². The van der Waals surface area contributed by atoms with E-state index in [0.717, 1.165) is 30.3 Å². The maximum Gasteiger partial charge on any atom is 0.257 e. The quantitative estimate of drug-likeness (QED) is 0.241. The zero-order chi connectivity index (χ0) is 23.8. The summed E-state index contributed by atoms with van der Waals surface area (Å²) in [7, 11) is 2.23. The van der Waals surface area contributed by atoms with Crippen molar-refractivity contribution in [3.63, 3.8) is 0 Å². The first kappa shape index (κ1) is 22.1. The number of hydrogen-bond acceptors (Lipinski definition) is 2. The van der Waals surface area contributed by atoms with Crippen molar-refractivity contribution in [3.05, 3.63) is 51.9 Å². The molecule has 0 spiro atoms. The third-order valence-electron chi connectivity index (χ3n) is 8.04. The highest BCUT2D eigenvalue weighted by Gasteiger charge is 2.36. The number of nitrogens with zero attached hydrogens (tertiary/aromatic N) is 1. The molecule has 6 rings (SSSR count). The summed E-state index contributed by atoms with van der Waals surface area (Å²) in [5.74, 6) is 2.93. The molecule has 0 radical (unpaired) electrons. The summed E-state index contributed by atoms with van der Waals surface area (Å²) in [6.07, 6.45) is 7.62. The number of aryl methyl sites for hydroxylation is 2. The van der Waals surface area contributed by atoms with Gasteiger partial charge in [0.2, 0.25) is 11.3 Å². The molecule has 0 unspecified atom stereocenters. The number of fused-ring (bicyclic) bond motifs is 3. The van der Waals surface area contributed by atoms with Crippen LogP contribution in [-0.2, 0) is 19.9 Å². The van der Waals surface area contributed by atoms with Gasteiger partial charge in [0.05, 0.1) is 5.56 Å². The molecule has 176 valence electrons. The summed E-state index contributed by atoms with van der Waals surface area (Å²) in [6.45, 7) is 11.5. The number of hydrogen-bond donors (Lipinski definition) is 0. The minimum Gasteiger partial charge on any atom is -0.449 e. The van der Waals surface area contributed by atoms with E-state index >= 15 is 0 Å². The zero-order valence-electron chi connectivity index (χ0n) is 21.5.